The van der Waals surface area contributed by atoms with Gasteiger partial charge in [0.05, 0.1) is 6.07 Å². The van der Waals surface area contributed by atoms with E-state index in [4.69, 9.17) is 14.6 Å². The van der Waals surface area contributed by atoms with Crippen molar-refractivity contribution in [2.45, 2.75) is 26.1 Å². The molecule has 0 bridgehead atoms. The van der Waals surface area contributed by atoms with E-state index in [1.807, 2.05) is 6.92 Å². The number of hydrogen-bond acceptors (Lipinski definition) is 3. The molecule has 0 aromatic rings. The summed E-state index contributed by atoms with van der Waals surface area (Å²) in [5.41, 5.74) is 0. The molecule has 0 N–H and O–H groups in total. The second-order valence-electron chi connectivity index (χ2n) is 2.99. The minimum Gasteiger partial charge on any atom is -0.411 e. The Morgan fingerprint density at radius 3 is 2.67 bits per heavy atom. The van der Waals surface area contributed by atoms with Gasteiger partial charge in [-0.05, 0) is 19.2 Å². The number of nitriles is 1. The van der Waals surface area contributed by atoms with Gasteiger partial charge >= 0.3 is 7.12 Å². The van der Waals surface area contributed by atoms with Crippen molar-refractivity contribution in [2.75, 3.05) is 13.2 Å². The van der Waals surface area contributed by atoms with Crippen LogP contribution >= 0.6 is 0 Å². The number of rotatable bonds is 3. The van der Waals surface area contributed by atoms with Crippen LogP contribution in [0.15, 0.2) is 0 Å². The Labute approximate surface area is 73.8 Å². The van der Waals surface area contributed by atoms with Gasteiger partial charge in [0.25, 0.3) is 0 Å². The highest BCUT2D eigenvalue weighted by Gasteiger charge is 2.25. The van der Waals surface area contributed by atoms with Gasteiger partial charge in [0.1, 0.15) is 0 Å². The molecule has 0 amide bonds. The molecule has 0 aliphatic carbocycles. The molecule has 4 heteroatoms. The molecule has 1 rings (SSSR count). The van der Waals surface area contributed by atoms with Gasteiger partial charge in [-0.25, -0.2) is 0 Å². The summed E-state index contributed by atoms with van der Waals surface area (Å²) in [5.74, 6) is 0.0769. The molecule has 1 aliphatic heterocycles. The summed E-state index contributed by atoms with van der Waals surface area (Å²) in [5, 5.41) is 8.70. The van der Waals surface area contributed by atoms with Crippen LogP contribution in [0.25, 0.3) is 0 Å². The lowest BCUT2D eigenvalue weighted by molar-refractivity contribution is 0.132. The summed E-state index contributed by atoms with van der Waals surface area (Å²) < 4.78 is 10.7. The highest BCUT2D eigenvalue weighted by atomic mass is 16.6. The van der Waals surface area contributed by atoms with E-state index in [1.165, 1.54) is 0 Å². The van der Waals surface area contributed by atoms with Crippen molar-refractivity contribution in [3.8, 4) is 6.07 Å². The zero-order chi connectivity index (χ0) is 8.81. The highest BCUT2D eigenvalue weighted by molar-refractivity contribution is 6.44. The fourth-order valence-electron chi connectivity index (χ4n) is 1.22. The van der Waals surface area contributed by atoms with Crippen LogP contribution in [0, 0.1) is 17.2 Å². The molecule has 12 heavy (non-hydrogen) atoms. The molecule has 66 valence electrons. The van der Waals surface area contributed by atoms with Gasteiger partial charge in [0.2, 0.25) is 0 Å². The first-order chi connectivity index (χ1) is 5.86. The van der Waals surface area contributed by atoms with Crippen LogP contribution in [0.3, 0.4) is 0 Å². The second kappa shape index (κ2) is 5.18. The molecule has 1 atom stereocenters. The van der Waals surface area contributed by atoms with Gasteiger partial charge in [-0.3, -0.25) is 0 Å². The monoisotopic (exact) mass is 167 g/mol. The summed E-state index contributed by atoms with van der Waals surface area (Å²) in [4.78, 5) is 0. The fourth-order valence-corrected chi connectivity index (χ4v) is 1.22. The van der Waals surface area contributed by atoms with Crippen molar-refractivity contribution in [3.63, 3.8) is 0 Å². The van der Waals surface area contributed by atoms with E-state index in [0.29, 0.717) is 6.32 Å². The zero-order valence-electron chi connectivity index (χ0n) is 7.45. The maximum Gasteiger partial charge on any atom is 0.458 e. The Bertz CT molecular complexity index is 163. The van der Waals surface area contributed by atoms with Gasteiger partial charge in [0, 0.05) is 19.1 Å². The first-order valence-corrected chi connectivity index (χ1v) is 4.49. The predicted octanol–water partition coefficient (Wildman–Crippen LogP) is 1.46. The van der Waals surface area contributed by atoms with Gasteiger partial charge in [-0.1, -0.05) is 6.92 Å². The standard InChI is InChI=1S/C8H14BNO2/c1-2-8(7-10)6-9-11-4-3-5-12-9/h8H,2-6H2,1H3. The molecular weight excluding hydrogens is 153 g/mol. The topological polar surface area (TPSA) is 42.2 Å². The van der Waals surface area contributed by atoms with E-state index >= 15 is 0 Å². The molecule has 3 nitrogen and oxygen atoms in total. The third-order valence-corrected chi connectivity index (χ3v) is 2.05. The fraction of sp³-hybridized carbons (Fsp3) is 0.875. The van der Waals surface area contributed by atoms with Gasteiger partial charge in [0.15, 0.2) is 0 Å². The normalized spacial score (nSPS) is 20.2. The van der Waals surface area contributed by atoms with Crippen LogP contribution in [-0.2, 0) is 9.31 Å². The van der Waals surface area contributed by atoms with Crippen LogP contribution in [0.5, 0.6) is 0 Å². The molecule has 1 heterocycles. The quantitative estimate of drug-likeness (QED) is 0.597. The zero-order valence-corrected chi connectivity index (χ0v) is 7.45. The summed E-state index contributed by atoms with van der Waals surface area (Å²) >= 11 is 0. The third kappa shape index (κ3) is 2.84. The molecule has 0 saturated carbocycles. The van der Waals surface area contributed by atoms with Crippen molar-refractivity contribution in [1.82, 2.24) is 0 Å². The Morgan fingerprint density at radius 2 is 2.17 bits per heavy atom. The third-order valence-electron chi connectivity index (χ3n) is 2.05. The van der Waals surface area contributed by atoms with E-state index in [1.54, 1.807) is 0 Å². The van der Waals surface area contributed by atoms with E-state index in [2.05, 4.69) is 6.07 Å². The summed E-state index contributed by atoms with van der Waals surface area (Å²) in [6.45, 7) is 3.55. The molecule has 1 saturated heterocycles. The van der Waals surface area contributed by atoms with Crippen molar-refractivity contribution in [1.29, 1.82) is 5.26 Å². The van der Waals surface area contributed by atoms with Crippen LogP contribution in [0.2, 0.25) is 6.32 Å². The van der Waals surface area contributed by atoms with E-state index < -0.39 is 0 Å². The minimum absolute atomic E-state index is 0.0769. The molecule has 1 aliphatic rings. The highest BCUT2D eigenvalue weighted by Crippen LogP contribution is 2.14. The Hall–Kier alpha value is -0.525. The summed E-state index contributed by atoms with van der Waals surface area (Å²) in [6, 6.07) is 2.24. The van der Waals surface area contributed by atoms with E-state index in [-0.39, 0.29) is 13.0 Å². The van der Waals surface area contributed by atoms with Crippen molar-refractivity contribution in [2.24, 2.45) is 5.92 Å². The number of hydrogen-bond donors (Lipinski definition) is 0. The first-order valence-electron chi connectivity index (χ1n) is 4.49. The maximum absolute atomic E-state index is 8.70. The SMILES string of the molecule is CCC(C#N)CB1OCCCO1. The predicted molar refractivity (Wildman–Crippen MR) is 46.5 cm³/mol. The minimum atomic E-state index is -0.136. The first kappa shape index (κ1) is 9.56. The van der Waals surface area contributed by atoms with Gasteiger partial charge < -0.3 is 9.31 Å². The van der Waals surface area contributed by atoms with Crippen LogP contribution in [0.1, 0.15) is 19.8 Å². The Morgan fingerprint density at radius 1 is 1.50 bits per heavy atom. The molecule has 0 spiro atoms. The second-order valence-corrected chi connectivity index (χ2v) is 2.99. The summed E-state index contributed by atoms with van der Waals surface area (Å²) in [6.07, 6.45) is 2.56. The Kier molecular flexibility index (Phi) is 4.13. The van der Waals surface area contributed by atoms with Gasteiger partial charge in [-0.15, -0.1) is 0 Å². The lowest BCUT2D eigenvalue weighted by Crippen LogP contribution is -2.31. The lowest BCUT2D eigenvalue weighted by Gasteiger charge is -2.20. The molecule has 0 radical (unpaired) electrons. The average Bonchev–Trinajstić information content (AvgIpc) is 2.16. The van der Waals surface area contributed by atoms with E-state index in [9.17, 15) is 0 Å². The number of nitrogens with zero attached hydrogens (tertiary/aromatic N) is 1. The van der Waals surface area contributed by atoms with Crippen molar-refractivity contribution in [3.05, 3.63) is 0 Å². The van der Waals surface area contributed by atoms with Gasteiger partial charge in [-0.2, -0.15) is 5.26 Å². The smallest absolute Gasteiger partial charge is 0.411 e. The van der Waals surface area contributed by atoms with Crippen LogP contribution < -0.4 is 0 Å². The summed E-state index contributed by atoms with van der Waals surface area (Å²) in [7, 11) is -0.136. The van der Waals surface area contributed by atoms with Crippen LogP contribution in [0.4, 0.5) is 0 Å². The van der Waals surface area contributed by atoms with Crippen molar-refractivity contribution < 1.29 is 9.31 Å². The largest absolute Gasteiger partial charge is 0.458 e. The molecule has 1 fully saturated rings. The average molecular weight is 167 g/mol. The molecular formula is C8H14BNO2. The maximum atomic E-state index is 8.70. The van der Waals surface area contributed by atoms with E-state index in [0.717, 1.165) is 26.1 Å². The Balaban J connectivity index is 2.24. The van der Waals surface area contributed by atoms with Crippen LogP contribution in [-0.4, -0.2) is 20.3 Å². The lowest BCUT2D eigenvalue weighted by atomic mass is 9.76. The molecule has 0 aromatic heterocycles. The van der Waals surface area contributed by atoms with Crippen molar-refractivity contribution >= 4 is 7.12 Å². The molecule has 1 unspecified atom stereocenters. The molecule has 0 aromatic carbocycles.